The molecular formula is C18H22N2O5S. The summed E-state index contributed by atoms with van der Waals surface area (Å²) in [5, 5.41) is 2.72. The molecule has 0 spiro atoms. The van der Waals surface area contributed by atoms with Crippen molar-refractivity contribution in [3.05, 3.63) is 48.0 Å². The maximum absolute atomic E-state index is 12.4. The number of hydrogen-bond acceptors (Lipinski definition) is 5. The van der Waals surface area contributed by atoms with Gasteiger partial charge in [-0.05, 0) is 42.8 Å². The molecule has 2 rings (SSSR count). The summed E-state index contributed by atoms with van der Waals surface area (Å²) in [6, 6.07) is 10.8. The number of anilines is 1. The van der Waals surface area contributed by atoms with Crippen LogP contribution in [-0.4, -0.2) is 35.1 Å². The second kappa shape index (κ2) is 8.68. The number of carbonyl (C=O) groups excluding carboxylic acids is 1. The zero-order valence-corrected chi connectivity index (χ0v) is 15.7. The van der Waals surface area contributed by atoms with Crippen molar-refractivity contribution in [3.63, 3.8) is 0 Å². The van der Waals surface area contributed by atoms with Gasteiger partial charge in [0.2, 0.25) is 10.0 Å². The first-order chi connectivity index (χ1) is 12.4. The Balaban J connectivity index is 2.15. The van der Waals surface area contributed by atoms with Crippen LogP contribution in [-0.2, 0) is 10.0 Å². The first-order valence-corrected chi connectivity index (χ1v) is 9.52. The molecule has 0 saturated heterocycles. The van der Waals surface area contributed by atoms with E-state index in [1.54, 1.807) is 18.2 Å². The fourth-order valence-corrected chi connectivity index (χ4v) is 3.31. The van der Waals surface area contributed by atoms with Crippen molar-refractivity contribution < 1.29 is 22.7 Å². The zero-order chi connectivity index (χ0) is 19.2. The second-order valence-corrected chi connectivity index (χ2v) is 7.24. The SMILES string of the molecule is CCCNS(=O)(=O)c1ccc(NC(=O)c2cc(OC)cc(OC)c2)cc1. The molecule has 0 saturated carbocycles. The summed E-state index contributed by atoms with van der Waals surface area (Å²) in [5.74, 6) is 0.637. The summed E-state index contributed by atoms with van der Waals surface area (Å²) in [5.41, 5.74) is 0.841. The molecule has 0 aliphatic rings. The fraction of sp³-hybridized carbons (Fsp3) is 0.278. The molecule has 2 aromatic carbocycles. The average molecular weight is 378 g/mol. The Kier molecular flexibility index (Phi) is 6.59. The van der Waals surface area contributed by atoms with Crippen LogP contribution in [0.4, 0.5) is 5.69 Å². The minimum atomic E-state index is -3.53. The van der Waals surface area contributed by atoms with Crippen LogP contribution in [0.25, 0.3) is 0 Å². The van der Waals surface area contributed by atoms with Gasteiger partial charge in [0.05, 0.1) is 19.1 Å². The Hall–Kier alpha value is -2.58. The van der Waals surface area contributed by atoms with E-state index in [1.807, 2.05) is 6.92 Å². The Bertz CT molecular complexity index is 841. The number of ether oxygens (including phenoxy) is 2. The topological polar surface area (TPSA) is 93.7 Å². The lowest BCUT2D eigenvalue weighted by Gasteiger charge is -2.10. The minimum Gasteiger partial charge on any atom is -0.497 e. The van der Waals surface area contributed by atoms with E-state index in [-0.39, 0.29) is 10.8 Å². The number of hydrogen-bond donors (Lipinski definition) is 2. The number of carbonyl (C=O) groups is 1. The number of sulfonamides is 1. The van der Waals surface area contributed by atoms with E-state index < -0.39 is 10.0 Å². The quantitative estimate of drug-likeness (QED) is 0.736. The summed E-state index contributed by atoms with van der Waals surface area (Å²) in [4.78, 5) is 12.6. The summed E-state index contributed by atoms with van der Waals surface area (Å²) in [6.45, 7) is 2.26. The van der Waals surface area contributed by atoms with Gasteiger partial charge < -0.3 is 14.8 Å². The van der Waals surface area contributed by atoms with Gasteiger partial charge >= 0.3 is 0 Å². The molecule has 0 fully saturated rings. The smallest absolute Gasteiger partial charge is 0.255 e. The van der Waals surface area contributed by atoms with Gasteiger partial charge in [0.25, 0.3) is 5.91 Å². The van der Waals surface area contributed by atoms with Crippen molar-refractivity contribution in [3.8, 4) is 11.5 Å². The van der Waals surface area contributed by atoms with Crippen LogP contribution in [0.1, 0.15) is 23.7 Å². The molecule has 8 heteroatoms. The van der Waals surface area contributed by atoms with E-state index in [9.17, 15) is 13.2 Å². The van der Waals surface area contributed by atoms with Gasteiger partial charge in [0.15, 0.2) is 0 Å². The number of amides is 1. The average Bonchev–Trinajstić information content (AvgIpc) is 2.66. The number of methoxy groups -OCH3 is 2. The van der Waals surface area contributed by atoms with Crippen LogP contribution in [0.3, 0.4) is 0 Å². The van der Waals surface area contributed by atoms with Crippen molar-refractivity contribution in [1.82, 2.24) is 4.72 Å². The van der Waals surface area contributed by atoms with Crippen molar-refractivity contribution in [2.75, 3.05) is 26.1 Å². The molecule has 0 aliphatic heterocycles. The van der Waals surface area contributed by atoms with Crippen LogP contribution in [0.5, 0.6) is 11.5 Å². The fourth-order valence-electron chi connectivity index (χ4n) is 2.18. The summed E-state index contributed by atoms with van der Waals surface area (Å²) >= 11 is 0. The highest BCUT2D eigenvalue weighted by Crippen LogP contribution is 2.23. The van der Waals surface area contributed by atoms with Crippen molar-refractivity contribution >= 4 is 21.6 Å². The third-order valence-electron chi connectivity index (χ3n) is 3.58. The van der Waals surface area contributed by atoms with Crippen LogP contribution < -0.4 is 19.5 Å². The largest absolute Gasteiger partial charge is 0.497 e. The molecule has 7 nitrogen and oxygen atoms in total. The lowest BCUT2D eigenvalue weighted by atomic mass is 10.2. The number of rotatable bonds is 8. The maximum Gasteiger partial charge on any atom is 0.255 e. The van der Waals surface area contributed by atoms with E-state index >= 15 is 0 Å². The Labute approximate surface area is 153 Å². The van der Waals surface area contributed by atoms with Crippen molar-refractivity contribution in [1.29, 1.82) is 0 Å². The normalized spacial score (nSPS) is 11.0. The highest BCUT2D eigenvalue weighted by atomic mass is 32.2. The van der Waals surface area contributed by atoms with E-state index in [2.05, 4.69) is 10.0 Å². The molecule has 26 heavy (non-hydrogen) atoms. The van der Waals surface area contributed by atoms with Gasteiger partial charge in [0.1, 0.15) is 11.5 Å². The predicted octanol–water partition coefficient (Wildman–Crippen LogP) is 2.64. The molecule has 0 heterocycles. The summed E-state index contributed by atoms with van der Waals surface area (Å²) < 4.78 is 36.9. The van der Waals surface area contributed by atoms with Gasteiger partial charge in [-0.3, -0.25) is 4.79 Å². The first-order valence-electron chi connectivity index (χ1n) is 8.03. The predicted molar refractivity (Wildman–Crippen MR) is 99.4 cm³/mol. The van der Waals surface area contributed by atoms with Gasteiger partial charge in [-0.1, -0.05) is 6.92 Å². The standard InChI is InChI=1S/C18H22N2O5S/c1-4-9-19-26(22,23)17-7-5-14(6-8-17)20-18(21)13-10-15(24-2)12-16(11-13)25-3/h5-8,10-12,19H,4,9H2,1-3H3,(H,20,21). The first kappa shape index (κ1) is 19.7. The molecule has 2 N–H and O–H groups in total. The molecule has 1 amide bonds. The third-order valence-corrected chi connectivity index (χ3v) is 5.06. The highest BCUT2D eigenvalue weighted by Gasteiger charge is 2.14. The highest BCUT2D eigenvalue weighted by molar-refractivity contribution is 7.89. The Morgan fingerprint density at radius 1 is 1.00 bits per heavy atom. The molecule has 0 atom stereocenters. The Morgan fingerprint density at radius 2 is 1.58 bits per heavy atom. The third kappa shape index (κ3) is 4.96. The van der Waals surface area contributed by atoms with Gasteiger partial charge in [-0.2, -0.15) is 0 Å². The van der Waals surface area contributed by atoms with E-state index in [4.69, 9.17) is 9.47 Å². The van der Waals surface area contributed by atoms with Crippen molar-refractivity contribution in [2.24, 2.45) is 0 Å². The van der Waals surface area contributed by atoms with Crippen LogP contribution in [0.15, 0.2) is 47.4 Å². The molecule has 0 aromatic heterocycles. The number of nitrogens with one attached hydrogen (secondary N) is 2. The Morgan fingerprint density at radius 3 is 2.08 bits per heavy atom. The molecular weight excluding hydrogens is 356 g/mol. The van der Waals surface area contributed by atoms with Gasteiger partial charge in [-0.25, -0.2) is 13.1 Å². The zero-order valence-electron chi connectivity index (χ0n) is 14.9. The molecule has 0 unspecified atom stereocenters. The lowest BCUT2D eigenvalue weighted by molar-refractivity contribution is 0.102. The summed E-state index contributed by atoms with van der Waals surface area (Å²) in [7, 11) is -0.529. The van der Waals surface area contributed by atoms with E-state index in [0.717, 1.165) is 0 Å². The molecule has 0 bridgehead atoms. The van der Waals surface area contributed by atoms with Crippen LogP contribution in [0.2, 0.25) is 0 Å². The van der Waals surface area contributed by atoms with Gasteiger partial charge in [-0.15, -0.1) is 0 Å². The lowest BCUT2D eigenvalue weighted by Crippen LogP contribution is -2.24. The van der Waals surface area contributed by atoms with Crippen LogP contribution >= 0.6 is 0 Å². The minimum absolute atomic E-state index is 0.145. The molecule has 0 radical (unpaired) electrons. The van der Waals surface area contributed by atoms with Gasteiger partial charge in [0, 0.05) is 23.9 Å². The maximum atomic E-state index is 12.4. The summed E-state index contributed by atoms with van der Waals surface area (Å²) in [6.07, 6.45) is 0.706. The second-order valence-electron chi connectivity index (χ2n) is 5.48. The molecule has 2 aromatic rings. The van der Waals surface area contributed by atoms with E-state index in [0.29, 0.717) is 35.7 Å². The molecule has 140 valence electrons. The molecule has 0 aliphatic carbocycles. The number of benzene rings is 2. The van der Waals surface area contributed by atoms with Crippen LogP contribution in [0, 0.1) is 0 Å². The van der Waals surface area contributed by atoms with E-state index in [1.165, 1.54) is 38.5 Å². The monoisotopic (exact) mass is 378 g/mol. The van der Waals surface area contributed by atoms with Crippen molar-refractivity contribution in [2.45, 2.75) is 18.2 Å².